The van der Waals surface area contributed by atoms with Crippen LogP contribution in [0.4, 0.5) is 0 Å². The van der Waals surface area contributed by atoms with Gasteiger partial charge < -0.3 is 10.5 Å². The number of nitrogens with zero attached hydrogens (tertiary/aromatic N) is 1. The highest BCUT2D eigenvalue weighted by molar-refractivity contribution is 5.94. The molecule has 0 amide bonds. The zero-order valence-corrected chi connectivity index (χ0v) is 12.5. The summed E-state index contributed by atoms with van der Waals surface area (Å²) < 4.78 is 5.16. The Morgan fingerprint density at radius 3 is 1.90 bits per heavy atom. The Morgan fingerprint density at radius 1 is 1.00 bits per heavy atom. The van der Waals surface area contributed by atoms with Crippen molar-refractivity contribution in [1.82, 2.24) is 4.90 Å². The summed E-state index contributed by atoms with van der Waals surface area (Å²) >= 11 is 0. The Bertz CT molecular complexity index is 590. The lowest BCUT2D eigenvalue weighted by molar-refractivity contribution is 0.319. The second-order valence-corrected chi connectivity index (χ2v) is 5.13. The van der Waals surface area contributed by atoms with E-state index in [0.717, 1.165) is 24.4 Å². The summed E-state index contributed by atoms with van der Waals surface area (Å²) in [4.78, 5) is 2.24. The van der Waals surface area contributed by atoms with Crippen LogP contribution in [0.15, 0.2) is 48.5 Å². The van der Waals surface area contributed by atoms with Crippen LogP contribution in [0.25, 0.3) is 0 Å². The van der Waals surface area contributed by atoms with Gasteiger partial charge in [0.2, 0.25) is 0 Å². The maximum atomic E-state index is 7.39. The van der Waals surface area contributed by atoms with Gasteiger partial charge in [0, 0.05) is 18.7 Å². The number of benzene rings is 2. The summed E-state index contributed by atoms with van der Waals surface area (Å²) in [6.07, 6.45) is 0. The molecule has 0 unspecified atom stereocenters. The molecule has 0 saturated heterocycles. The van der Waals surface area contributed by atoms with Crippen LogP contribution < -0.4 is 10.5 Å². The van der Waals surface area contributed by atoms with Gasteiger partial charge in [-0.1, -0.05) is 36.4 Å². The Hall–Kier alpha value is -2.33. The van der Waals surface area contributed by atoms with E-state index in [1.54, 1.807) is 7.11 Å². The topological polar surface area (TPSA) is 62.3 Å². The lowest BCUT2D eigenvalue weighted by Gasteiger charge is -2.17. The maximum Gasteiger partial charge on any atom is 0.122 e. The molecule has 0 aliphatic carbocycles. The number of hydrogen-bond donors (Lipinski definition) is 2. The fourth-order valence-corrected chi connectivity index (χ4v) is 2.20. The lowest BCUT2D eigenvalue weighted by atomic mass is 10.1. The molecular formula is C17H21N3O. The van der Waals surface area contributed by atoms with E-state index in [2.05, 4.69) is 24.1 Å². The normalized spacial score (nSPS) is 10.6. The van der Waals surface area contributed by atoms with E-state index in [9.17, 15) is 0 Å². The fourth-order valence-electron chi connectivity index (χ4n) is 2.20. The Kier molecular flexibility index (Phi) is 4.95. The van der Waals surface area contributed by atoms with Gasteiger partial charge >= 0.3 is 0 Å². The molecule has 0 saturated carbocycles. The molecule has 2 rings (SSSR count). The quantitative estimate of drug-likeness (QED) is 0.633. The predicted octanol–water partition coefficient (Wildman–Crippen LogP) is 2.61. The first-order valence-corrected chi connectivity index (χ1v) is 6.83. The van der Waals surface area contributed by atoms with Crippen molar-refractivity contribution < 1.29 is 4.74 Å². The molecule has 0 radical (unpaired) electrons. The predicted molar refractivity (Wildman–Crippen MR) is 85.6 cm³/mol. The molecule has 0 fully saturated rings. The molecule has 2 aromatic carbocycles. The molecule has 0 spiro atoms. The maximum absolute atomic E-state index is 7.39. The van der Waals surface area contributed by atoms with E-state index in [1.807, 2.05) is 36.4 Å². The molecule has 2 aromatic rings. The molecule has 0 aliphatic heterocycles. The standard InChI is InChI=1S/C17H21N3O/c1-20(12-14-5-9-16(21-2)10-6-14)11-13-3-7-15(8-4-13)17(18)19/h3-10H,11-12H2,1-2H3,(H3,18,19). The monoisotopic (exact) mass is 283 g/mol. The first-order valence-electron chi connectivity index (χ1n) is 6.83. The van der Waals surface area contributed by atoms with Gasteiger partial charge in [-0.25, -0.2) is 0 Å². The first-order chi connectivity index (χ1) is 10.1. The number of nitrogen functional groups attached to an aromatic ring is 1. The molecule has 0 bridgehead atoms. The van der Waals surface area contributed by atoms with Crippen LogP contribution in [0.3, 0.4) is 0 Å². The highest BCUT2D eigenvalue weighted by atomic mass is 16.5. The molecule has 3 N–H and O–H groups in total. The minimum atomic E-state index is 0.105. The fraction of sp³-hybridized carbons (Fsp3) is 0.235. The molecular weight excluding hydrogens is 262 g/mol. The van der Waals surface area contributed by atoms with E-state index < -0.39 is 0 Å². The average molecular weight is 283 g/mol. The van der Waals surface area contributed by atoms with Crippen molar-refractivity contribution >= 4 is 5.84 Å². The number of hydrogen-bond acceptors (Lipinski definition) is 3. The smallest absolute Gasteiger partial charge is 0.122 e. The lowest BCUT2D eigenvalue weighted by Crippen LogP contribution is -2.17. The number of nitrogens with two attached hydrogens (primary N) is 1. The Balaban J connectivity index is 1.94. The van der Waals surface area contributed by atoms with Gasteiger partial charge in [-0.3, -0.25) is 10.3 Å². The van der Waals surface area contributed by atoms with E-state index in [4.69, 9.17) is 15.9 Å². The average Bonchev–Trinajstić information content (AvgIpc) is 2.48. The van der Waals surface area contributed by atoms with E-state index in [1.165, 1.54) is 11.1 Å². The SMILES string of the molecule is COc1ccc(CN(C)Cc2ccc(C(=N)N)cc2)cc1. The Morgan fingerprint density at radius 2 is 1.48 bits per heavy atom. The summed E-state index contributed by atoms with van der Waals surface area (Å²) in [5.74, 6) is 0.981. The molecule has 4 heteroatoms. The van der Waals surface area contributed by atoms with Crippen LogP contribution in [-0.4, -0.2) is 24.9 Å². The van der Waals surface area contributed by atoms with Crippen molar-refractivity contribution in [1.29, 1.82) is 5.41 Å². The molecule has 4 nitrogen and oxygen atoms in total. The van der Waals surface area contributed by atoms with Crippen LogP contribution in [0, 0.1) is 5.41 Å². The van der Waals surface area contributed by atoms with Gasteiger partial charge in [0.1, 0.15) is 11.6 Å². The molecule has 21 heavy (non-hydrogen) atoms. The van der Waals surface area contributed by atoms with E-state index >= 15 is 0 Å². The molecule has 0 heterocycles. The van der Waals surface area contributed by atoms with Crippen molar-refractivity contribution in [2.75, 3.05) is 14.2 Å². The van der Waals surface area contributed by atoms with Gasteiger partial charge in [0.05, 0.1) is 7.11 Å². The first kappa shape index (κ1) is 15.1. The number of rotatable bonds is 6. The van der Waals surface area contributed by atoms with Gasteiger partial charge in [-0.15, -0.1) is 0 Å². The zero-order valence-electron chi connectivity index (χ0n) is 12.5. The summed E-state index contributed by atoms with van der Waals surface area (Å²) in [5.41, 5.74) is 8.67. The van der Waals surface area contributed by atoms with Gasteiger partial charge in [-0.05, 0) is 30.3 Å². The van der Waals surface area contributed by atoms with Crippen LogP contribution in [0.1, 0.15) is 16.7 Å². The van der Waals surface area contributed by atoms with Crippen LogP contribution in [0.5, 0.6) is 5.75 Å². The largest absolute Gasteiger partial charge is 0.497 e. The number of amidine groups is 1. The van der Waals surface area contributed by atoms with Crippen molar-refractivity contribution in [2.45, 2.75) is 13.1 Å². The second-order valence-electron chi connectivity index (χ2n) is 5.13. The summed E-state index contributed by atoms with van der Waals surface area (Å²) in [6, 6.07) is 15.9. The highest BCUT2D eigenvalue weighted by Gasteiger charge is 2.03. The Labute approximate surface area is 125 Å². The highest BCUT2D eigenvalue weighted by Crippen LogP contribution is 2.14. The third kappa shape index (κ3) is 4.33. The summed E-state index contributed by atoms with van der Waals surface area (Å²) in [6.45, 7) is 1.72. The van der Waals surface area contributed by atoms with Crippen LogP contribution >= 0.6 is 0 Å². The van der Waals surface area contributed by atoms with Crippen molar-refractivity contribution in [3.8, 4) is 5.75 Å². The van der Waals surface area contributed by atoms with Crippen LogP contribution in [-0.2, 0) is 13.1 Å². The number of methoxy groups -OCH3 is 1. The minimum absolute atomic E-state index is 0.105. The van der Waals surface area contributed by atoms with Gasteiger partial charge in [0.25, 0.3) is 0 Å². The third-order valence-electron chi connectivity index (χ3n) is 3.33. The van der Waals surface area contributed by atoms with Crippen molar-refractivity contribution in [3.63, 3.8) is 0 Å². The third-order valence-corrected chi connectivity index (χ3v) is 3.33. The van der Waals surface area contributed by atoms with Gasteiger partial charge in [-0.2, -0.15) is 0 Å². The van der Waals surface area contributed by atoms with Crippen LogP contribution in [0.2, 0.25) is 0 Å². The molecule has 0 aliphatic rings. The zero-order chi connectivity index (χ0) is 15.2. The van der Waals surface area contributed by atoms with Crippen molar-refractivity contribution in [3.05, 3.63) is 65.2 Å². The second kappa shape index (κ2) is 6.90. The summed E-state index contributed by atoms with van der Waals surface area (Å²) in [7, 11) is 3.76. The van der Waals surface area contributed by atoms with Gasteiger partial charge in [0.15, 0.2) is 0 Å². The minimum Gasteiger partial charge on any atom is -0.497 e. The molecule has 0 aromatic heterocycles. The number of nitrogens with one attached hydrogen (secondary N) is 1. The van der Waals surface area contributed by atoms with Crippen molar-refractivity contribution in [2.24, 2.45) is 5.73 Å². The molecule has 110 valence electrons. The summed E-state index contributed by atoms with van der Waals surface area (Å²) in [5, 5.41) is 7.39. The van der Waals surface area contributed by atoms with E-state index in [0.29, 0.717) is 0 Å². The number of ether oxygens (including phenoxy) is 1. The van der Waals surface area contributed by atoms with E-state index in [-0.39, 0.29) is 5.84 Å². The molecule has 0 atom stereocenters.